The van der Waals surface area contributed by atoms with Crippen LogP contribution in [0, 0.1) is 0 Å². The highest BCUT2D eigenvalue weighted by atomic mass is 32.2. The fourth-order valence-electron chi connectivity index (χ4n) is 3.60. The van der Waals surface area contributed by atoms with Gasteiger partial charge in [0.15, 0.2) is 9.84 Å². The average molecular weight is 508 g/mol. The normalized spacial score (nSPS) is 13.4. The van der Waals surface area contributed by atoms with Crippen LogP contribution in [-0.2, 0) is 19.9 Å². The van der Waals surface area contributed by atoms with Gasteiger partial charge >= 0.3 is 0 Å². The first-order valence-electron chi connectivity index (χ1n) is 9.80. The Hall–Kier alpha value is -3.28. The number of aromatic amines is 2. The van der Waals surface area contributed by atoms with Gasteiger partial charge < -0.3 is 21.6 Å². The first-order valence-corrected chi connectivity index (χ1v) is 13.0. The van der Waals surface area contributed by atoms with Crippen LogP contribution in [0.1, 0.15) is 11.9 Å². The largest absolute Gasteiger partial charge is 0.394 e. The SMILES string of the molecule is NCCS(=O)(=O)c1ccc(-c2cccc3[nH]c([C@H](N)CO)nc23)c(-c2nn[nH]n2)c1S(N)(=O)=O. The van der Waals surface area contributed by atoms with E-state index in [1.54, 1.807) is 18.2 Å². The molecule has 0 radical (unpaired) electrons. The molecule has 4 rings (SSSR count). The highest BCUT2D eigenvalue weighted by molar-refractivity contribution is 7.93. The number of nitrogens with one attached hydrogen (secondary N) is 2. The molecule has 180 valence electrons. The number of rotatable bonds is 8. The number of sulfone groups is 1. The number of primary sulfonamides is 1. The van der Waals surface area contributed by atoms with E-state index in [2.05, 4.69) is 30.6 Å². The van der Waals surface area contributed by atoms with Gasteiger partial charge in [-0.15, -0.1) is 10.2 Å². The summed E-state index contributed by atoms with van der Waals surface area (Å²) in [6.07, 6.45) is 0. The maximum Gasteiger partial charge on any atom is 0.240 e. The summed E-state index contributed by atoms with van der Waals surface area (Å²) in [6, 6.07) is 6.83. The Labute approximate surface area is 193 Å². The van der Waals surface area contributed by atoms with Gasteiger partial charge in [0.25, 0.3) is 0 Å². The van der Waals surface area contributed by atoms with E-state index in [-0.39, 0.29) is 30.1 Å². The number of fused-ring (bicyclic) bond motifs is 1. The Bertz CT molecular complexity index is 1560. The van der Waals surface area contributed by atoms with Crippen molar-refractivity contribution in [3.05, 3.63) is 36.2 Å². The molecule has 0 bridgehead atoms. The monoisotopic (exact) mass is 507 g/mol. The van der Waals surface area contributed by atoms with Crippen molar-refractivity contribution < 1.29 is 21.9 Å². The molecule has 1 atom stereocenters. The topological polar surface area (TPSA) is 250 Å². The molecule has 0 saturated carbocycles. The number of hydrogen-bond acceptors (Lipinski definition) is 11. The summed E-state index contributed by atoms with van der Waals surface area (Å²) in [6.45, 7) is -0.585. The van der Waals surface area contributed by atoms with Crippen LogP contribution in [0.15, 0.2) is 40.1 Å². The summed E-state index contributed by atoms with van der Waals surface area (Å²) in [4.78, 5) is 6.26. The summed E-state index contributed by atoms with van der Waals surface area (Å²) in [5.41, 5.74) is 12.7. The number of nitrogens with zero attached hydrogens (tertiary/aromatic N) is 4. The lowest BCUT2D eigenvalue weighted by Gasteiger charge is -2.16. The maximum atomic E-state index is 12.9. The smallest absolute Gasteiger partial charge is 0.240 e. The lowest BCUT2D eigenvalue weighted by atomic mass is 9.98. The third-order valence-corrected chi connectivity index (χ3v) is 7.97. The van der Waals surface area contributed by atoms with Crippen molar-refractivity contribution >= 4 is 30.9 Å². The number of aliphatic hydroxyl groups excluding tert-OH is 1. The summed E-state index contributed by atoms with van der Waals surface area (Å²) >= 11 is 0. The lowest BCUT2D eigenvalue weighted by Crippen LogP contribution is -2.22. The van der Waals surface area contributed by atoms with Gasteiger partial charge in [-0.05, 0) is 22.9 Å². The summed E-state index contributed by atoms with van der Waals surface area (Å²) in [5.74, 6) is -0.388. The fourth-order valence-corrected chi connectivity index (χ4v) is 6.35. The van der Waals surface area contributed by atoms with Crippen LogP contribution in [0.3, 0.4) is 0 Å². The number of para-hydroxylation sites is 1. The molecule has 0 unspecified atom stereocenters. The van der Waals surface area contributed by atoms with Crippen molar-refractivity contribution in [3.8, 4) is 22.5 Å². The van der Waals surface area contributed by atoms with Crippen molar-refractivity contribution in [3.63, 3.8) is 0 Å². The number of nitrogens with two attached hydrogens (primary N) is 3. The van der Waals surface area contributed by atoms with Gasteiger partial charge in [-0.1, -0.05) is 18.2 Å². The molecule has 4 aromatic rings. The molecule has 0 aliphatic rings. The van der Waals surface area contributed by atoms with Gasteiger partial charge in [0, 0.05) is 12.1 Å². The number of aliphatic hydroxyl groups is 1. The molecule has 2 aromatic heterocycles. The molecule has 14 nitrogen and oxygen atoms in total. The quantitative estimate of drug-likeness (QED) is 0.165. The van der Waals surface area contributed by atoms with Crippen molar-refractivity contribution in [2.45, 2.75) is 15.8 Å². The Kier molecular flexibility index (Phi) is 6.19. The van der Waals surface area contributed by atoms with E-state index in [0.29, 0.717) is 22.4 Å². The molecule has 0 saturated heterocycles. The second-order valence-electron chi connectivity index (χ2n) is 7.32. The van der Waals surface area contributed by atoms with Crippen molar-refractivity contribution in [1.29, 1.82) is 0 Å². The third-order valence-electron chi connectivity index (χ3n) is 5.07. The zero-order valence-electron chi connectivity index (χ0n) is 17.5. The Balaban J connectivity index is 2.13. The van der Waals surface area contributed by atoms with E-state index in [1.807, 2.05) is 0 Å². The molecule has 0 spiro atoms. The van der Waals surface area contributed by atoms with Gasteiger partial charge in [0.05, 0.1) is 39.9 Å². The zero-order valence-corrected chi connectivity index (χ0v) is 19.1. The fraction of sp³-hybridized carbons (Fsp3) is 0.222. The molecule has 16 heteroatoms. The van der Waals surface area contributed by atoms with Crippen LogP contribution in [-0.4, -0.2) is 71.4 Å². The first-order chi connectivity index (χ1) is 16.1. The zero-order chi connectivity index (χ0) is 24.7. The molecular weight excluding hydrogens is 486 g/mol. The van der Waals surface area contributed by atoms with E-state index in [1.165, 1.54) is 6.07 Å². The summed E-state index contributed by atoms with van der Waals surface area (Å²) in [7, 11) is -8.74. The molecule has 2 heterocycles. The predicted octanol–water partition coefficient (Wildman–Crippen LogP) is -1.22. The van der Waals surface area contributed by atoms with Crippen LogP contribution >= 0.6 is 0 Å². The molecule has 0 fully saturated rings. The summed E-state index contributed by atoms with van der Waals surface area (Å²) in [5, 5.41) is 28.3. The molecule has 34 heavy (non-hydrogen) atoms. The molecular formula is C18H21N9O5S2. The predicted molar refractivity (Wildman–Crippen MR) is 121 cm³/mol. The molecule has 0 aliphatic heterocycles. The standard InChI is InChI=1S/C18H21N9O5S2/c19-6-7-33(29,30)13-5-4-9(14(16(13)34(21,31)32)18-24-26-27-25-18)10-2-1-3-12-15(10)23-17(22-12)11(20)8-28/h1-5,11,28H,6-8,19-20H2,(H,22,23)(H2,21,31,32)(H,24,25,26,27)/t11-/m1/s1. The van der Waals surface area contributed by atoms with E-state index >= 15 is 0 Å². The Morgan fingerprint density at radius 3 is 2.47 bits per heavy atom. The van der Waals surface area contributed by atoms with E-state index in [0.717, 1.165) is 6.07 Å². The van der Waals surface area contributed by atoms with Crippen LogP contribution in [0.2, 0.25) is 0 Å². The van der Waals surface area contributed by atoms with Gasteiger partial charge in [-0.2, -0.15) is 5.21 Å². The van der Waals surface area contributed by atoms with E-state index in [9.17, 15) is 21.9 Å². The molecule has 9 N–H and O–H groups in total. The van der Waals surface area contributed by atoms with Crippen LogP contribution in [0.5, 0.6) is 0 Å². The Morgan fingerprint density at radius 2 is 1.85 bits per heavy atom. The van der Waals surface area contributed by atoms with Gasteiger partial charge in [-0.3, -0.25) is 0 Å². The number of aromatic nitrogens is 6. The van der Waals surface area contributed by atoms with Gasteiger partial charge in [-0.25, -0.2) is 27.0 Å². The molecule has 0 aliphatic carbocycles. The van der Waals surface area contributed by atoms with Crippen molar-refractivity contribution in [1.82, 2.24) is 30.6 Å². The van der Waals surface area contributed by atoms with Crippen LogP contribution < -0.4 is 16.6 Å². The van der Waals surface area contributed by atoms with E-state index < -0.39 is 41.4 Å². The minimum absolute atomic E-state index is 0.169. The van der Waals surface area contributed by atoms with Crippen molar-refractivity contribution in [2.24, 2.45) is 16.6 Å². The number of tetrazole rings is 1. The second-order valence-corrected chi connectivity index (χ2v) is 10.9. The average Bonchev–Trinajstić information content (AvgIpc) is 3.46. The lowest BCUT2D eigenvalue weighted by molar-refractivity contribution is 0.264. The minimum atomic E-state index is -4.61. The van der Waals surface area contributed by atoms with Crippen LogP contribution in [0.4, 0.5) is 0 Å². The maximum absolute atomic E-state index is 12.9. The molecule has 0 amide bonds. The number of sulfonamides is 1. The summed E-state index contributed by atoms with van der Waals surface area (Å²) < 4.78 is 51.2. The first kappa shape index (κ1) is 23.9. The molecule has 2 aromatic carbocycles. The second kappa shape index (κ2) is 8.82. The highest BCUT2D eigenvalue weighted by Crippen LogP contribution is 2.40. The number of imidazole rings is 1. The van der Waals surface area contributed by atoms with Gasteiger partial charge in [0.2, 0.25) is 15.8 Å². The number of H-pyrrole nitrogens is 2. The van der Waals surface area contributed by atoms with Crippen molar-refractivity contribution in [2.75, 3.05) is 18.9 Å². The van der Waals surface area contributed by atoms with E-state index in [4.69, 9.17) is 16.6 Å². The minimum Gasteiger partial charge on any atom is -0.394 e. The number of benzene rings is 2. The van der Waals surface area contributed by atoms with Gasteiger partial charge in [0.1, 0.15) is 10.7 Å². The van der Waals surface area contributed by atoms with Crippen LogP contribution in [0.25, 0.3) is 33.5 Å². The third kappa shape index (κ3) is 4.17. The highest BCUT2D eigenvalue weighted by Gasteiger charge is 2.32. The Morgan fingerprint density at radius 1 is 1.09 bits per heavy atom. The number of hydrogen-bond donors (Lipinski definition) is 6.